The fourth-order valence-electron chi connectivity index (χ4n) is 2.28. The Balaban J connectivity index is 1.53. The first-order chi connectivity index (χ1) is 11.3. The quantitative estimate of drug-likeness (QED) is 0.246. The Morgan fingerprint density at radius 3 is 2.83 bits per heavy atom. The van der Waals surface area contributed by atoms with Crippen LogP contribution in [0.15, 0.2) is 53.1 Å². The molecular formula is C19H22O2S2. The number of benzene rings is 1. The Bertz CT molecular complexity index is 591. The second kappa shape index (κ2) is 10.4. The number of hydrogen-bond donors (Lipinski definition) is 0. The van der Waals surface area contributed by atoms with Crippen molar-refractivity contribution in [2.24, 2.45) is 0 Å². The number of ether oxygens (including phenoxy) is 1. The molecule has 1 aromatic rings. The summed E-state index contributed by atoms with van der Waals surface area (Å²) in [5.41, 5.74) is 0.789. The molecule has 0 aliphatic heterocycles. The van der Waals surface area contributed by atoms with Gasteiger partial charge in [0.1, 0.15) is 5.76 Å². The fourth-order valence-corrected chi connectivity index (χ4v) is 3.53. The summed E-state index contributed by atoms with van der Waals surface area (Å²) in [5, 5.41) is 0. The van der Waals surface area contributed by atoms with Crippen molar-refractivity contribution in [3.63, 3.8) is 0 Å². The van der Waals surface area contributed by atoms with Crippen molar-refractivity contribution in [2.45, 2.75) is 37.0 Å². The van der Waals surface area contributed by atoms with Crippen LogP contribution in [0, 0.1) is 0 Å². The highest BCUT2D eigenvalue weighted by Crippen LogP contribution is 2.22. The van der Waals surface area contributed by atoms with Crippen molar-refractivity contribution in [3.05, 3.63) is 53.8 Å². The summed E-state index contributed by atoms with van der Waals surface area (Å²) < 4.78 is 5.73. The summed E-state index contributed by atoms with van der Waals surface area (Å²) in [7, 11) is 0. The van der Waals surface area contributed by atoms with Gasteiger partial charge in [-0.2, -0.15) is 0 Å². The summed E-state index contributed by atoms with van der Waals surface area (Å²) in [6.45, 7) is 0.737. The molecule has 0 atom stereocenters. The average molecular weight is 347 g/mol. The topological polar surface area (TPSA) is 26.3 Å². The molecule has 122 valence electrons. The van der Waals surface area contributed by atoms with Crippen LogP contribution in [0.3, 0.4) is 0 Å². The van der Waals surface area contributed by atoms with Crippen molar-refractivity contribution >= 4 is 35.1 Å². The summed E-state index contributed by atoms with van der Waals surface area (Å²) in [6.07, 6.45) is 12.3. The van der Waals surface area contributed by atoms with Crippen molar-refractivity contribution in [3.8, 4) is 0 Å². The summed E-state index contributed by atoms with van der Waals surface area (Å²) in [5.74, 6) is 1.91. The van der Waals surface area contributed by atoms with Gasteiger partial charge in [0.2, 0.25) is 0 Å². The van der Waals surface area contributed by atoms with Gasteiger partial charge < -0.3 is 4.74 Å². The second-order valence-electron chi connectivity index (χ2n) is 5.35. The Morgan fingerprint density at radius 2 is 2.00 bits per heavy atom. The fraction of sp³-hybridized carbons (Fsp3) is 0.368. The van der Waals surface area contributed by atoms with E-state index in [9.17, 15) is 4.79 Å². The molecule has 0 saturated heterocycles. The van der Waals surface area contributed by atoms with Gasteiger partial charge in [-0.15, -0.1) is 11.8 Å². The molecule has 0 heterocycles. The van der Waals surface area contributed by atoms with Crippen molar-refractivity contribution in [1.82, 2.24) is 0 Å². The molecule has 0 radical (unpaired) electrons. The molecule has 1 aromatic carbocycles. The average Bonchev–Trinajstić information content (AvgIpc) is 2.59. The van der Waals surface area contributed by atoms with Crippen LogP contribution < -0.4 is 0 Å². The zero-order chi connectivity index (χ0) is 16.3. The predicted molar refractivity (Wildman–Crippen MR) is 101 cm³/mol. The number of carbonyl (C=O) groups excluding carboxylic acids is 1. The SMILES string of the molecule is O=Cc1ccccc1SCCCCCCOC1=CC=CCC1=S. The van der Waals surface area contributed by atoms with Crippen LogP contribution in [-0.2, 0) is 4.74 Å². The van der Waals surface area contributed by atoms with Gasteiger partial charge in [0.25, 0.3) is 0 Å². The van der Waals surface area contributed by atoms with E-state index in [2.05, 4.69) is 6.08 Å². The lowest BCUT2D eigenvalue weighted by Crippen LogP contribution is -2.06. The molecule has 0 bridgehead atoms. The lowest BCUT2D eigenvalue weighted by molar-refractivity contribution is 0.112. The maximum absolute atomic E-state index is 10.9. The van der Waals surface area contributed by atoms with E-state index in [4.69, 9.17) is 17.0 Å². The third-order valence-corrected chi connectivity index (χ3v) is 5.10. The van der Waals surface area contributed by atoms with Gasteiger partial charge in [0.15, 0.2) is 6.29 Å². The van der Waals surface area contributed by atoms with Crippen LogP contribution in [0.2, 0.25) is 0 Å². The predicted octanol–water partition coefficient (Wildman–Crippen LogP) is 5.38. The minimum absolute atomic E-state index is 0.737. The third-order valence-electron chi connectivity index (χ3n) is 3.56. The van der Waals surface area contributed by atoms with Crippen LogP contribution in [-0.4, -0.2) is 23.5 Å². The number of aldehydes is 1. The first kappa shape index (κ1) is 18.0. The molecule has 0 fully saturated rings. The van der Waals surface area contributed by atoms with E-state index in [1.807, 2.05) is 36.4 Å². The molecule has 1 aliphatic rings. The standard InChI is InChI=1S/C19H22O2S2/c20-15-16-9-3-6-12-19(16)23-14-8-2-1-7-13-21-17-10-4-5-11-18(17)22/h3-6,9-10,12,15H,1-2,7-8,11,13-14H2. The van der Waals surface area contributed by atoms with Crippen LogP contribution in [0.5, 0.6) is 0 Å². The number of hydrogen-bond acceptors (Lipinski definition) is 4. The molecular weight excluding hydrogens is 324 g/mol. The van der Waals surface area contributed by atoms with E-state index in [-0.39, 0.29) is 0 Å². The zero-order valence-corrected chi connectivity index (χ0v) is 14.8. The van der Waals surface area contributed by atoms with Crippen molar-refractivity contribution in [1.29, 1.82) is 0 Å². The number of rotatable bonds is 10. The Kier molecular flexibility index (Phi) is 8.12. The molecule has 23 heavy (non-hydrogen) atoms. The van der Waals surface area contributed by atoms with Gasteiger partial charge in [-0.25, -0.2) is 0 Å². The van der Waals surface area contributed by atoms with E-state index in [0.29, 0.717) is 0 Å². The minimum atomic E-state index is 0.737. The highest BCUT2D eigenvalue weighted by atomic mass is 32.2. The molecule has 4 heteroatoms. The monoisotopic (exact) mass is 346 g/mol. The van der Waals surface area contributed by atoms with Crippen molar-refractivity contribution in [2.75, 3.05) is 12.4 Å². The first-order valence-corrected chi connectivity index (χ1v) is 9.40. The minimum Gasteiger partial charge on any atom is -0.492 e. The van der Waals surface area contributed by atoms with Crippen LogP contribution >= 0.6 is 24.0 Å². The van der Waals surface area contributed by atoms with Crippen LogP contribution in [0.4, 0.5) is 0 Å². The largest absolute Gasteiger partial charge is 0.492 e. The van der Waals surface area contributed by atoms with E-state index in [1.54, 1.807) is 11.8 Å². The molecule has 0 saturated carbocycles. The van der Waals surface area contributed by atoms with Gasteiger partial charge in [-0.05, 0) is 30.7 Å². The van der Waals surface area contributed by atoms with Gasteiger partial charge in [0.05, 0.1) is 11.5 Å². The summed E-state index contributed by atoms with van der Waals surface area (Å²) >= 11 is 7.02. The third kappa shape index (κ3) is 6.32. The number of carbonyl (C=O) groups is 1. The Labute approximate surface area is 148 Å². The van der Waals surface area contributed by atoms with E-state index in [1.165, 1.54) is 6.42 Å². The molecule has 0 spiro atoms. The van der Waals surface area contributed by atoms with E-state index in [0.717, 1.165) is 65.4 Å². The lowest BCUT2D eigenvalue weighted by atomic mass is 10.1. The zero-order valence-electron chi connectivity index (χ0n) is 13.2. The maximum Gasteiger partial charge on any atom is 0.151 e. The molecule has 0 unspecified atom stereocenters. The summed E-state index contributed by atoms with van der Waals surface area (Å²) in [4.78, 5) is 12.9. The maximum atomic E-state index is 10.9. The molecule has 1 aliphatic carbocycles. The smallest absolute Gasteiger partial charge is 0.151 e. The van der Waals surface area contributed by atoms with Crippen LogP contribution in [0.1, 0.15) is 42.5 Å². The number of thioether (sulfide) groups is 1. The second-order valence-corrected chi connectivity index (χ2v) is 6.98. The lowest BCUT2D eigenvalue weighted by Gasteiger charge is -2.12. The van der Waals surface area contributed by atoms with E-state index >= 15 is 0 Å². The highest BCUT2D eigenvalue weighted by molar-refractivity contribution is 7.99. The number of allylic oxidation sites excluding steroid dienone is 4. The van der Waals surface area contributed by atoms with Crippen LogP contribution in [0.25, 0.3) is 0 Å². The molecule has 0 amide bonds. The van der Waals surface area contributed by atoms with Gasteiger partial charge in [0, 0.05) is 16.9 Å². The van der Waals surface area contributed by atoms with Crippen molar-refractivity contribution < 1.29 is 9.53 Å². The first-order valence-electron chi connectivity index (χ1n) is 8.01. The normalized spacial score (nSPS) is 13.7. The number of unbranched alkanes of at least 4 members (excludes halogenated alkanes) is 3. The van der Waals surface area contributed by atoms with E-state index < -0.39 is 0 Å². The highest BCUT2D eigenvalue weighted by Gasteiger charge is 2.07. The molecule has 2 nitrogen and oxygen atoms in total. The van der Waals surface area contributed by atoms with Gasteiger partial charge in [-0.3, -0.25) is 4.79 Å². The molecule has 2 rings (SSSR count). The molecule has 0 aromatic heterocycles. The Hall–Kier alpha value is -1.39. The Morgan fingerprint density at radius 1 is 1.17 bits per heavy atom. The van der Waals surface area contributed by atoms with Gasteiger partial charge in [-0.1, -0.05) is 55.4 Å². The number of thiocarbonyl (C=S) groups is 1. The summed E-state index contributed by atoms with van der Waals surface area (Å²) in [6, 6.07) is 7.76. The molecule has 0 N–H and O–H groups in total. The van der Waals surface area contributed by atoms with Gasteiger partial charge >= 0.3 is 0 Å².